The summed E-state index contributed by atoms with van der Waals surface area (Å²) in [4.78, 5) is 24.4. The molecule has 5 nitrogen and oxygen atoms in total. The minimum absolute atomic E-state index is 0.0220. The highest BCUT2D eigenvalue weighted by Gasteiger charge is 2.07. The van der Waals surface area contributed by atoms with Crippen LogP contribution in [-0.4, -0.2) is 29.7 Å². The molecule has 2 N–H and O–H groups in total. The predicted molar refractivity (Wildman–Crippen MR) is 47.1 cm³/mol. The number of nitrogens with zero attached hydrogens (tertiary/aromatic N) is 1. The zero-order chi connectivity index (χ0) is 9.84. The van der Waals surface area contributed by atoms with E-state index in [1.54, 1.807) is 0 Å². The van der Waals surface area contributed by atoms with Crippen molar-refractivity contribution in [1.82, 2.24) is 10.3 Å². The highest BCUT2D eigenvalue weighted by atomic mass is 32.1. The molecular formula is C6H5BN2O3S. The van der Waals surface area contributed by atoms with E-state index in [-0.39, 0.29) is 12.2 Å². The van der Waals surface area contributed by atoms with E-state index in [2.05, 4.69) is 10.3 Å². The van der Waals surface area contributed by atoms with Crippen molar-refractivity contribution in [2.45, 2.75) is 6.54 Å². The van der Waals surface area contributed by atoms with Crippen LogP contribution >= 0.6 is 11.3 Å². The maximum Gasteiger partial charge on any atom is 0.355 e. The van der Waals surface area contributed by atoms with Crippen LogP contribution in [0, 0.1) is 0 Å². The molecule has 0 aliphatic heterocycles. The second-order valence-corrected chi connectivity index (χ2v) is 3.09. The highest BCUT2D eigenvalue weighted by molar-refractivity contribution is 7.09. The van der Waals surface area contributed by atoms with Crippen LogP contribution in [0.15, 0.2) is 5.38 Å². The summed E-state index contributed by atoms with van der Waals surface area (Å²) in [6, 6.07) is 0. The van der Waals surface area contributed by atoms with Crippen LogP contribution in [-0.2, 0) is 6.54 Å². The molecule has 1 aromatic heterocycles. The predicted octanol–water partition coefficient (Wildman–Crippen LogP) is 0.219. The van der Waals surface area contributed by atoms with Crippen LogP contribution in [0.25, 0.3) is 0 Å². The van der Waals surface area contributed by atoms with E-state index < -0.39 is 11.8 Å². The topological polar surface area (TPSA) is 79.3 Å². The smallest absolute Gasteiger partial charge is 0.355 e. The van der Waals surface area contributed by atoms with Gasteiger partial charge in [0.05, 0.1) is 6.54 Å². The number of thiazole rings is 1. The summed E-state index contributed by atoms with van der Waals surface area (Å²) in [5, 5.41) is 12.7. The van der Waals surface area contributed by atoms with Gasteiger partial charge in [0.2, 0.25) is 7.85 Å². The molecule has 0 unspecified atom stereocenters. The number of carboxylic acids is 1. The van der Waals surface area contributed by atoms with Gasteiger partial charge in [-0.1, -0.05) is 0 Å². The van der Waals surface area contributed by atoms with Crippen LogP contribution in [0.1, 0.15) is 15.5 Å². The number of aromatic carboxylic acids is 1. The first-order valence-electron chi connectivity index (χ1n) is 3.30. The third kappa shape index (κ3) is 2.87. The highest BCUT2D eigenvalue weighted by Crippen LogP contribution is 2.08. The number of carbonyl (C=O) groups excluding carboxylic acids is 1. The number of amides is 1. The molecule has 7 heteroatoms. The van der Waals surface area contributed by atoms with E-state index in [4.69, 9.17) is 13.0 Å². The summed E-state index contributed by atoms with van der Waals surface area (Å²) in [7, 11) is 4.82. The molecule has 0 fully saturated rings. The normalized spacial score (nSPS) is 9.54. The van der Waals surface area contributed by atoms with Crippen LogP contribution in [0.5, 0.6) is 0 Å². The Morgan fingerprint density at radius 1 is 1.69 bits per heavy atom. The van der Waals surface area contributed by atoms with Crippen molar-refractivity contribution in [1.29, 1.82) is 0 Å². The lowest BCUT2D eigenvalue weighted by Gasteiger charge is -1.96. The summed E-state index contributed by atoms with van der Waals surface area (Å²) in [5.41, 5.74) is -0.0220. The third-order valence-corrected chi connectivity index (χ3v) is 2.03. The first kappa shape index (κ1) is 9.72. The Labute approximate surface area is 79.2 Å². The molecule has 1 heterocycles. The number of rotatable bonds is 3. The summed E-state index contributed by atoms with van der Waals surface area (Å²) < 4.78 is 0. The fourth-order valence-electron chi connectivity index (χ4n) is 0.653. The van der Waals surface area contributed by atoms with Gasteiger partial charge < -0.3 is 10.4 Å². The van der Waals surface area contributed by atoms with Gasteiger partial charge in [-0.05, 0) is 0 Å². The Kier molecular flexibility index (Phi) is 3.02. The quantitative estimate of drug-likeness (QED) is 0.677. The van der Waals surface area contributed by atoms with Crippen molar-refractivity contribution < 1.29 is 14.7 Å². The fraction of sp³-hybridized carbons (Fsp3) is 0.167. The summed E-state index contributed by atoms with van der Waals surface area (Å²) in [6.45, 7) is 0.160. The van der Waals surface area contributed by atoms with Gasteiger partial charge in [-0.15, -0.1) is 11.3 Å². The van der Waals surface area contributed by atoms with E-state index in [0.29, 0.717) is 5.01 Å². The molecule has 0 saturated heterocycles. The molecular weight excluding hydrogens is 191 g/mol. The first-order chi connectivity index (χ1) is 6.09. The fourth-order valence-corrected chi connectivity index (χ4v) is 1.36. The molecule has 0 aromatic carbocycles. The number of hydrogen-bond acceptors (Lipinski definition) is 4. The number of carbonyl (C=O) groups is 2. The zero-order valence-corrected chi connectivity index (χ0v) is 7.30. The summed E-state index contributed by atoms with van der Waals surface area (Å²) in [6.07, 6.45) is 0. The maximum atomic E-state index is 10.4. The number of nitrogens with one attached hydrogen (secondary N) is 1. The lowest BCUT2D eigenvalue weighted by Crippen LogP contribution is -2.20. The van der Waals surface area contributed by atoms with Crippen molar-refractivity contribution in [3.63, 3.8) is 0 Å². The van der Waals surface area contributed by atoms with Crippen molar-refractivity contribution in [2.24, 2.45) is 0 Å². The lowest BCUT2D eigenvalue weighted by atomic mass is 10.1. The number of carboxylic acid groups (broad SMARTS) is 1. The van der Waals surface area contributed by atoms with E-state index >= 15 is 0 Å². The van der Waals surface area contributed by atoms with Crippen LogP contribution in [0.4, 0.5) is 4.79 Å². The molecule has 66 valence electrons. The van der Waals surface area contributed by atoms with Gasteiger partial charge in [0.15, 0.2) is 11.5 Å². The zero-order valence-electron chi connectivity index (χ0n) is 6.48. The van der Waals surface area contributed by atoms with Gasteiger partial charge in [-0.2, -0.15) is 0 Å². The van der Waals surface area contributed by atoms with E-state index in [1.165, 1.54) is 5.38 Å². The molecule has 0 saturated carbocycles. The Hall–Kier alpha value is -1.37. The largest absolute Gasteiger partial charge is 0.476 e. The first-order valence-corrected chi connectivity index (χ1v) is 4.18. The second kappa shape index (κ2) is 4.04. The second-order valence-electron chi connectivity index (χ2n) is 2.15. The molecule has 0 spiro atoms. The van der Waals surface area contributed by atoms with Gasteiger partial charge >= 0.3 is 5.97 Å². The molecule has 0 aliphatic rings. The standard InChI is InChI=1S/C6H5BN2O3S/c7-6(12)8-1-4-9-3(2-13-4)5(10)11/h2H,1H2,(H,8,12)(H,10,11). The molecule has 0 bridgehead atoms. The Balaban J connectivity index is 2.59. The minimum atomic E-state index is -1.08. The molecule has 13 heavy (non-hydrogen) atoms. The Morgan fingerprint density at radius 3 is 2.85 bits per heavy atom. The van der Waals surface area contributed by atoms with Crippen molar-refractivity contribution in [3.8, 4) is 0 Å². The van der Waals surface area contributed by atoms with Gasteiger partial charge in [0.25, 0.3) is 0 Å². The van der Waals surface area contributed by atoms with E-state index in [0.717, 1.165) is 11.3 Å². The summed E-state index contributed by atoms with van der Waals surface area (Å²) >= 11 is 1.16. The van der Waals surface area contributed by atoms with Crippen LogP contribution < -0.4 is 5.32 Å². The average Bonchev–Trinajstić information content (AvgIpc) is 2.48. The molecule has 1 rings (SSSR count). The molecule has 0 aliphatic carbocycles. The summed E-state index contributed by atoms with van der Waals surface area (Å²) in [5.74, 6) is -1.74. The van der Waals surface area contributed by atoms with Gasteiger partial charge in [0.1, 0.15) is 5.01 Å². The van der Waals surface area contributed by atoms with Gasteiger partial charge in [0, 0.05) is 5.38 Å². The Morgan fingerprint density at radius 2 is 2.38 bits per heavy atom. The van der Waals surface area contributed by atoms with Gasteiger partial charge in [-0.25, -0.2) is 9.78 Å². The van der Waals surface area contributed by atoms with Crippen molar-refractivity contribution >= 4 is 31.0 Å². The SMILES string of the molecule is [B]C(=O)NCc1nc(C(=O)O)cs1. The lowest BCUT2D eigenvalue weighted by molar-refractivity contribution is 0.0691. The number of hydrogen-bond donors (Lipinski definition) is 2. The molecule has 0 atom stereocenters. The third-order valence-electron chi connectivity index (χ3n) is 1.18. The minimum Gasteiger partial charge on any atom is -0.476 e. The van der Waals surface area contributed by atoms with Crippen LogP contribution in [0.2, 0.25) is 0 Å². The molecule has 1 aromatic rings. The molecule has 2 radical (unpaired) electrons. The van der Waals surface area contributed by atoms with Crippen LogP contribution in [0.3, 0.4) is 0 Å². The van der Waals surface area contributed by atoms with Gasteiger partial charge in [-0.3, -0.25) is 4.79 Å². The molecule has 1 amide bonds. The van der Waals surface area contributed by atoms with E-state index in [1.807, 2.05) is 0 Å². The van der Waals surface area contributed by atoms with E-state index in [9.17, 15) is 9.59 Å². The van der Waals surface area contributed by atoms with Crippen molar-refractivity contribution in [2.75, 3.05) is 0 Å². The average molecular weight is 196 g/mol. The maximum absolute atomic E-state index is 10.4. The van der Waals surface area contributed by atoms with Crippen molar-refractivity contribution in [3.05, 3.63) is 16.1 Å². The Bertz CT molecular complexity index is 338. The number of aromatic nitrogens is 1. The monoisotopic (exact) mass is 196 g/mol.